The van der Waals surface area contributed by atoms with E-state index >= 15 is 0 Å². The van der Waals surface area contributed by atoms with Gasteiger partial charge in [-0.15, -0.1) is 0 Å². The first-order chi connectivity index (χ1) is 10.8. The van der Waals surface area contributed by atoms with E-state index < -0.39 is 0 Å². The van der Waals surface area contributed by atoms with E-state index in [4.69, 9.17) is 0 Å². The maximum absolute atomic E-state index is 2.21. The molecule has 0 amide bonds. The van der Waals surface area contributed by atoms with Crippen molar-refractivity contribution in [2.45, 2.75) is 89.5 Å². The van der Waals surface area contributed by atoms with Gasteiger partial charge in [-0.05, 0) is 63.8 Å². The first kappa shape index (κ1) is 26.6. The third-order valence-corrected chi connectivity index (χ3v) is 3.36. The lowest BCUT2D eigenvalue weighted by atomic mass is 9.95. The molecule has 0 atom stereocenters. The third-order valence-electron chi connectivity index (χ3n) is 3.36. The highest BCUT2D eigenvalue weighted by atomic mass is 14.1. The number of aryl methyl sites for hydroxylation is 1. The van der Waals surface area contributed by atoms with Crippen molar-refractivity contribution in [3.63, 3.8) is 0 Å². The van der Waals surface area contributed by atoms with Crippen LogP contribution >= 0.6 is 0 Å². The van der Waals surface area contributed by atoms with Crippen LogP contribution in [-0.2, 0) is 0 Å². The molecule has 0 radical (unpaired) electrons. The van der Waals surface area contributed by atoms with Crippen molar-refractivity contribution in [2.24, 2.45) is 0 Å². The quantitative estimate of drug-likeness (QED) is 0.479. The molecule has 0 heteroatoms. The summed E-state index contributed by atoms with van der Waals surface area (Å²) in [7, 11) is 0. The van der Waals surface area contributed by atoms with Gasteiger partial charge in [-0.3, -0.25) is 0 Å². The number of allylic oxidation sites excluding steroid dienone is 4. The van der Waals surface area contributed by atoms with Gasteiger partial charge >= 0.3 is 0 Å². The van der Waals surface area contributed by atoms with E-state index in [0.29, 0.717) is 0 Å². The lowest BCUT2D eigenvalue weighted by Crippen LogP contribution is -1.89. The van der Waals surface area contributed by atoms with E-state index in [0.717, 1.165) is 0 Å². The van der Waals surface area contributed by atoms with Gasteiger partial charge in [0, 0.05) is 0 Å². The predicted octanol–water partition coefficient (Wildman–Crippen LogP) is 8.61. The second-order valence-electron chi connectivity index (χ2n) is 5.45. The van der Waals surface area contributed by atoms with E-state index in [1.807, 2.05) is 27.7 Å². The average Bonchev–Trinajstić information content (AvgIpc) is 2.58. The van der Waals surface area contributed by atoms with E-state index in [1.54, 1.807) is 0 Å². The molecule has 0 aromatic heterocycles. The van der Waals surface area contributed by atoms with Crippen molar-refractivity contribution >= 4 is 5.57 Å². The van der Waals surface area contributed by atoms with E-state index in [-0.39, 0.29) is 0 Å². The van der Waals surface area contributed by atoms with Crippen LogP contribution in [0.15, 0.2) is 41.0 Å². The summed E-state index contributed by atoms with van der Waals surface area (Å²) in [6.07, 6.45) is 1.25. The van der Waals surface area contributed by atoms with Crippen LogP contribution in [0.3, 0.4) is 0 Å². The monoisotopic (exact) mass is 318 g/mol. The molecule has 0 aliphatic carbocycles. The minimum absolute atomic E-state index is 1.25. The highest BCUT2D eigenvalue weighted by molar-refractivity contribution is 5.70. The first-order valence-electron chi connectivity index (χ1n) is 9.24. The smallest absolute Gasteiger partial charge is 0.0224 e. The van der Waals surface area contributed by atoms with Crippen molar-refractivity contribution in [2.75, 3.05) is 0 Å². The number of rotatable bonds is 2. The Bertz CT molecular complexity index is 437. The first-order valence-corrected chi connectivity index (χ1v) is 9.24. The van der Waals surface area contributed by atoms with Crippen LogP contribution in [0.2, 0.25) is 0 Å². The Morgan fingerprint density at radius 2 is 1.04 bits per heavy atom. The summed E-state index contributed by atoms with van der Waals surface area (Å²) in [6.45, 7) is 25.3. The molecule has 1 aromatic rings. The SMILES string of the molecule is CC.CC.CC(C)=C(C)/C(C)=C(\C)c1ccc(C)cc1.CCC. The van der Waals surface area contributed by atoms with Crippen molar-refractivity contribution < 1.29 is 0 Å². The maximum Gasteiger partial charge on any atom is -0.0224 e. The van der Waals surface area contributed by atoms with Gasteiger partial charge in [0.2, 0.25) is 0 Å². The molecule has 0 fully saturated rings. The van der Waals surface area contributed by atoms with Crippen LogP contribution in [0.1, 0.15) is 93.7 Å². The van der Waals surface area contributed by atoms with Gasteiger partial charge in [-0.25, -0.2) is 0 Å². The van der Waals surface area contributed by atoms with Crippen molar-refractivity contribution in [3.8, 4) is 0 Å². The lowest BCUT2D eigenvalue weighted by Gasteiger charge is -2.11. The fourth-order valence-corrected chi connectivity index (χ4v) is 1.68. The summed E-state index contributed by atoms with van der Waals surface area (Å²) >= 11 is 0. The molecular weight excluding hydrogens is 276 g/mol. The van der Waals surface area contributed by atoms with Crippen LogP contribution < -0.4 is 0 Å². The van der Waals surface area contributed by atoms with Gasteiger partial charge in [-0.2, -0.15) is 0 Å². The van der Waals surface area contributed by atoms with Crippen molar-refractivity contribution in [1.29, 1.82) is 0 Å². The Kier molecular flexibility index (Phi) is 19.7. The molecule has 1 rings (SSSR count). The van der Waals surface area contributed by atoms with E-state index in [9.17, 15) is 0 Å². The molecule has 0 spiro atoms. The van der Waals surface area contributed by atoms with Crippen LogP contribution in [0.25, 0.3) is 5.57 Å². The third kappa shape index (κ3) is 11.9. The molecule has 23 heavy (non-hydrogen) atoms. The molecule has 0 aliphatic heterocycles. The molecule has 0 nitrogen and oxygen atoms in total. The standard InChI is InChI=1S/C16H22.C3H8.2C2H6/c1-11(2)13(4)14(5)15(6)16-9-7-12(3)8-10-16;1-3-2;2*1-2/h7-10H,1-6H3;3H2,1-2H3;2*1-2H3/b15-14+;;;. The lowest BCUT2D eigenvalue weighted by molar-refractivity contribution is 1.09. The zero-order valence-electron chi connectivity index (χ0n) is 18.0. The van der Waals surface area contributed by atoms with Gasteiger partial charge in [0.05, 0.1) is 0 Å². The van der Waals surface area contributed by atoms with Gasteiger partial charge in [0.15, 0.2) is 0 Å². The molecule has 1 aromatic carbocycles. The fourth-order valence-electron chi connectivity index (χ4n) is 1.68. The minimum Gasteiger partial charge on any atom is -0.0732 e. The summed E-state index contributed by atoms with van der Waals surface area (Å²) < 4.78 is 0. The minimum atomic E-state index is 1.25. The predicted molar refractivity (Wildman–Crippen MR) is 112 cm³/mol. The van der Waals surface area contributed by atoms with Crippen molar-refractivity contribution in [1.82, 2.24) is 0 Å². The molecule has 0 bridgehead atoms. The summed E-state index contributed by atoms with van der Waals surface area (Å²) in [6, 6.07) is 8.74. The zero-order chi connectivity index (χ0) is 19.0. The van der Waals surface area contributed by atoms with E-state index in [2.05, 4.69) is 79.7 Å². The molecule has 0 heterocycles. The fraction of sp³-hybridized carbons (Fsp3) is 0.565. The molecule has 0 N–H and O–H groups in total. The Morgan fingerprint density at radius 1 is 0.696 bits per heavy atom. The molecule has 0 aliphatic rings. The highest BCUT2D eigenvalue weighted by Crippen LogP contribution is 2.24. The molecule has 0 saturated carbocycles. The van der Waals surface area contributed by atoms with Gasteiger partial charge < -0.3 is 0 Å². The molecule has 0 unspecified atom stereocenters. The van der Waals surface area contributed by atoms with Crippen LogP contribution in [0, 0.1) is 6.92 Å². The zero-order valence-corrected chi connectivity index (χ0v) is 18.0. The molecule has 0 saturated heterocycles. The maximum atomic E-state index is 2.21. The second kappa shape index (κ2) is 17.1. The second-order valence-corrected chi connectivity index (χ2v) is 5.45. The van der Waals surface area contributed by atoms with Crippen LogP contribution in [0.4, 0.5) is 0 Å². The average molecular weight is 319 g/mol. The summed E-state index contributed by atoms with van der Waals surface area (Å²) in [5.74, 6) is 0. The van der Waals surface area contributed by atoms with Gasteiger partial charge in [0.1, 0.15) is 0 Å². The normalized spacial score (nSPS) is 9.74. The summed E-state index contributed by atoms with van der Waals surface area (Å²) in [5, 5.41) is 0. The van der Waals surface area contributed by atoms with Crippen molar-refractivity contribution in [3.05, 3.63) is 52.1 Å². The number of hydrogen-bond acceptors (Lipinski definition) is 0. The molecule has 134 valence electrons. The van der Waals surface area contributed by atoms with Gasteiger partial charge in [0.25, 0.3) is 0 Å². The Morgan fingerprint density at radius 3 is 1.35 bits per heavy atom. The Hall–Kier alpha value is -1.30. The number of benzene rings is 1. The largest absolute Gasteiger partial charge is 0.0732 e. The van der Waals surface area contributed by atoms with E-state index in [1.165, 1.54) is 39.8 Å². The highest BCUT2D eigenvalue weighted by Gasteiger charge is 2.03. The topological polar surface area (TPSA) is 0 Å². The Balaban J connectivity index is -0.000000496. The van der Waals surface area contributed by atoms with Gasteiger partial charge in [-0.1, -0.05) is 83.4 Å². The van der Waals surface area contributed by atoms with Crippen LogP contribution in [0.5, 0.6) is 0 Å². The summed E-state index contributed by atoms with van der Waals surface area (Å²) in [5.41, 5.74) is 8.20. The Labute approximate surface area is 147 Å². The number of hydrogen-bond donors (Lipinski definition) is 0. The van der Waals surface area contributed by atoms with Crippen LogP contribution in [-0.4, -0.2) is 0 Å². The molecular formula is C23H42. The summed E-state index contributed by atoms with van der Waals surface area (Å²) in [4.78, 5) is 0.